The number of quaternary nitrogens is 1. The van der Waals surface area contributed by atoms with Crippen molar-refractivity contribution in [2.75, 3.05) is 40.8 Å². The van der Waals surface area contributed by atoms with Crippen molar-refractivity contribution in [1.82, 2.24) is 5.32 Å². The molecule has 0 unspecified atom stereocenters. The molecule has 11 heavy (non-hydrogen) atoms. The zero-order valence-electron chi connectivity index (χ0n) is 7.42. The zero-order valence-corrected chi connectivity index (χ0v) is 7.42. The summed E-state index contributed by atoms with van der Waals surface area (Å²) in [5.74, 6) is -0.0217. The van der Waals surface area contributed by atoms with Crippen molar-refractivity contribution in [3.63, 3.8) is 0 Å². The zero-order chi connectivity index (χ0) is 8.91. The van der Waals surface area contributed by atoms with Crippen molar-refractivity contribution in [2.45, 2.75) is 0 Å². The molecule has 0 saturated heterocycles. The van der Waals surface area contributed by atoms with Crippen molar-refractivity contribution in [3.8, 4) is 0 Å². The summed E-state index contributed by atoms with van der Waals surface area (Å²) < 4.78 is 0.608. The van der Waals surface area contributed by atoms with Crippen molar-refractivity contribution >= 4 is 5.91 Å². The predicted octanol–water partition coefficient (Wildman–Crippen LogP) is -1.20. The number of nitrogens with zero attached hydrogens (tertiary/aromatic N) is 1. The highest BCUT2D eigenvalue weighted by Gasteiger charge is 2.12. The third-order valence-electron chi connectivity index (χ3n) is 1.05. The summed E-state index contributed by atoms with van der Waals surface area (Å²) in [6.07, 6.45) is 0. The molecular formula is C7H17N2O2+. The number of carbonyl (C=O) groups excluding carboxylic acids is 1. The second-order valence-corrected chi connectivity index (χ2v) is 3.52. The topological polar surface area (TPSA) is 49.3 Å². The van der Waals surface area contributed by atoms with Gasteiger partial charge in [-0.15, -0.1) is 0 Å². The van der Waals surface area contributed by atoms with Gasteiger partial charge in [0.05, 0.1) is 27.7 Å². The van der Waals surface area contributed by atoms with Crippen molar-refractivity contribution in [1.29, 1.82) is 0 Å². The van der Waals surface area contributed by atoms with E-state index in [1.165, 1.54) is 0 Å². The highest BCUT2D eigenvalue weighted by molar-refractivity contribution is 5.76. The molecular weight excluding hydrogens is 144 g/mol. The standard InChI is InChI=1S/C7H16N2O2/c1-9(2,3)6-7(11)8-4-5-10/h10H,4-6H2,1-3H3/p+1. The number of aliphatic hydroxyl groups is 1. The second-order valence-electron chi connectivity index (χ2n) is 3.52. The van der Waals surface area contributed by atoms with Gasteiger partial charge in [0.2, 0.25) is 0 Å². The van der Waals surface area contributed by atoms with Crippen LogP contribution in [0, 0.1) is 0 Å². The summed E-state index contributed by atoms with van der Waals surface area (Å²) in [5, 5.41) is 11.0. The fourth-order valence-corrected chi connectivity index (χ4v) is 0.682. The van der Waals surface area contributed by atoms with E-state index in [0.717, 1.165) is 0 Å². The van der Waals surface area contributed by atoms with Crippen LogP contribution in [-0.4, -0.2) is 56.3 Å². The smallest absolute Gasteiger partial charge is 0.275 e. The van der Waals surface area contributed by atoms with E-state index in [0.29, 0.717) is 17.6 Å². The van der Waals surface area contributed by atoms with E-state index < -0.39 is 0 Å². The number of aliphatic hydroxyl groups excluding tert-OH is 1. The average Bonchev–Trinajstić information content (AvgIpc) is 1.79. The number of carbonyl (C=O) groups is 1. The molecule has 0 fully saturated rings. The molecule has 2 N–H and O–H groups in total. The highest BCUT2D eigenvalue weighted by atomic mass is 16.3. The van der Waals surface area contributed by atoms with Crippen LogP contribution >= 0.6 is 0 Å². The Labute approximate surface area is 67.4 Å². The van der Waals surface area contributed by atoms with Gasteiger partial charge in [0.1, 0.15) is 0 Å². The molecule has 0 atom stereocenters. The molecule has 0 rings (SSSR count). The quantitative estimate of drug-likeness (QED) is 0.509. The first-order chi connectivity index (χ1) is 4.95. The molecule has 1 amide bonds. The second kappa shape index (κ2) is 4.31. The summed E-state index contributed by atoms with van der Waals surface area (Å²) >= 11 is 0. The van der Waals surface area contributed by atoms with Crippen LogP contribution in [0.25, 0.3) is 0 Å². The maximum absolute atomic E-state index is 11.0. The maximum atomic E-state index is 11.0. The summed E-state index contributed by atoms with van der Waals surface area (Å²) in [5.41, 5.74) is 0. The summed E-state index contributed by atoms with van der Waals surface area (Å²) in [6.45, 7) is 0.793. The van der Waals surface area contributed by atoms with Gasteiger partial charge in [-0.3, -0.25) is 4.79 Å². The van der Waals surface area contributed by atoms with Crippen LogP contribution in [0.4, 0.5) is 0 Å². The molecule has 0 saturated carbocycles. The third kappa shape index (κ3) is 7.29. The first-order valence-corrected chi connectivity index (χ1v) is 3.64. The number of amides is 1. The Morgan fingerprint density at radius 2 is 2.00 bits per heavy atom. The molecule has 4 heteroatoms. The van der Waals surface area contributed by atoms with Gasteiger partial charge in [0, 0.05) is 6.54 Å². The van der Waals surface area contributed by atoms with E-state index in [1.807, 2.05) is 21.1 Å². The van der Waals surface area contributed by atoms with Crippen LogP contribution < -0.4 is 5.32 Å². The number of hydrogen-bond acceptors (Lipinski definition) is 2. The monoisotopic (exact) mass is 161 g/mol. The van der Waals surface area contributed by atoms with Crippen LogP contribution in [0.5, 0.6) is 0 Å². The van der Waals surface area contributed by atoms with Gasteiger partial charge in [0.15, 0.2) is 6.54 Å². The lowest BCUT2D eigenvalue weighted by atomic mass is 10.4. The first kappa shape index (κ1) is 10.4. The molecule has 0 bridgehead atoms. The number of hydrogen-bond donors (Lipinski definition) is 2. The largest absolute Gasteiger partial charge is 0.395 e. The van der Waals surface area contributed by atoms with E-state index in [1.54, 1.807) is 0 Å². The Kier molecular flexibility index (Phi) is 4.07. The SMILES string of the molecule is C[N+](C)(C)CC(=O)NCCO. The van der Waals surface area contributed by atoms with Crippen molar-refractivity contribution < 1.29 is 14.4 Å². The Hall–Kier alpha value is -0.610. The van der Waals surface area contributed by atoms with Gasteiger partial charge in [-0.25, -0.2) is 0 Å². The molecule has 0 aromatic carbocycles. The van der Waals surface area contributed by atoms with Gasteiger partial charge in [0.25, 0.3) is 5.91 Å². The summed E-state index contributed by atoms with van der Waals surface area (Å²) in [6, 6.07) is 0. The van der Waals surface area contributed by atoms with Gasteiger partial charge in [-0.05, 0) is 0 Å². The lowest BCUT2D eigenvalue weighted by Crippen LogP contribution is -2.44. The Morgan fingerprint density at radius 3 is 2.36 bits per heavy atom. The minimum atomic E-state index is -0.0217. The minimum Gasteiger partial charge on any atom is -0.395 e. The molecule has 0 aromatic heterocycles. The van der Waals surface area contributed by atoms with Gasteiger partial charge >= 0.3 is 0 Å². The van der Waals surface area contributed by atoms with Gasteiger partial charge < -0.3 is 14.9 Å². The third-order valence-corrected chi connectivity index (χ3v) is 1.05. The van der Waals surface area contributed by atoms with E-state index in [4.69, 9.17) is 5.11 Å². The van der Waals surface area contributed by atoms with E-state index in [9.17, 15) is 4.79 Å². The van der Waals surface area contributed by atoms with Crippen LogP contribution in [0.2, 0.25) is 0 Å². The fourth-order valence-electron chi connectivity index (χ4n) is 0.682. The van der Waals surface area contributed by atoms with E-state index in [2.05, 4.69) is 5.32 Å². The molecule has 0 spiro atoms. The molecule has 0 radical (unpaired) electrons. The van der Waals surface area contributed by atoms with E-state index in [-0.39, 0.29) is 12.5 Å². The van der Waals surface area contributed by atoms with Crippen LogP contribution in [0.3, 0.4) is 0 Å². The molecule has 0 aliphatic heterocycles. The molecule has 66 valence electrons. The lowest BCUT2D eigenvalue weighted by molar-refractivity contribution is -0.862. The molecule has 0 aromatic rings. The van der Waals surface area contributed by atoms with Gasteiger partial charge in [-0.2, -0.15) is 0 Å². The van der Waals surface area contributed by atoms with Crippen molar-refractivity contribution in [2.24, 2.45) is 0 Å². The minimum absolute atomic E-state index is 0.00286. The summed E-state index contributed by atoms with van der Waals surface area (Å²) in [4.78, 5) is 11.0. The van der Waals surface area contributed by atoms with Crippen molar-refractivity contribution in [3.05, 3.63) is 0 Å². The fraction of sp³-hybridized carbons (Fsp3) is 0.857. The molecule has 0 aliphatic carbocycles. The maximum Gasteiger partial charge on any atom is 0.275 e. The molecule has 0 aliphatic rings. The first-order valence-electron chi connectivity index (χ1n) is 3.64. The average molecular weight is 161 g/mol. The summed E-state index contributed by atoms with van der Waals surface area (Å²) in [7, 11) is 5.83. The van der Waals surface area contributed by atoms with Crippen LogP contribution in [0.1, 0.15) is 0 Å². The Morgan fingerprint density at radius 1 is 1.45 bits per heavy atom. The number of nitrogens with one attached hydrogen (secondary N) is 1. The number of likely N-dealkylation sites (N-methyl/N-ethyl adjacent to an activating group) is 1. The van der Waals surface area contributed by atoms with E-state index >= 15 is 0 Å². The van der Waals surface area contributed by atoms with Gasteiger partial charge in [-0.1, -0.05) is 0 Å². The van der Waals surface area contributed by atoms with Crippen LogP contribution in [-0.2, 0) is 4.79 Å². The number of rotatable bonds is 4. The normalized spacial score (nSPS) is 11.3. The predicted molar refractivity (Wildman–Crippen MR) is 43.0 cm³/mol. The Bertz CT molecular complexity index is 129. The lowest BCUT2D eigenvalue weighted by Gasteiger charge is -2.22. The highest BCUT2D eigenvalue weighted by Crippen LogP contribution is 1.87. The van der Waals surface area contributed by atoms with Crippen LogP contribution in [0.15, 0.2) is 0 Å². The Balaban J connectivity index is 3.53. The molecule has 0 heterocycles. The molecule has 4 nitrogen and oxygen atoms in total.